The number of quaternary nitrogens is 1. The largest absolute Gasteiger partial charge is 0.369 e. The van der Waals surface area contributed by atoms with Crippen LogP contribution < -0.4 is 16.0 Å². The Labute approximate surface area is 119 Å². The molecular weight excluding hydrogens is 256 g/mol. The number of piperidine rings is 1. The van der Waals surface area contributed by atoms with E-state index in [0.717, 1.165) is 50.0 Å². The third-order valence-corrected chi connectivity index (χ3v) is 4.48. The van der Waals surface area contributed by atoms with Gasteiger partial charge in [0.25, 0.3) is 5.91 Å². The van der Waals surface area contributed by atoms with Gasteiger partial charge in [-0.1, -0.05) is 0 Å². The molecule has 0 radical (unpaired) electrons. The molecule has 6 heteroatoms. The van der Waals surface area contributed by atoms with E-state index in [0.29, 0.717) is 13.1 Å². The van der Waals surface area contributed by atoms with Crippen LogP contribution >= 0.6 is 0 Å². The number of nitrogens with two attached hydrogens (primary N) is 1. The zero-order valence-electron chi connectivity index (χ0n) is 11.8. The monoisotopic (exact) mass is 279 g/mol. The van der Waals surface area contributed by atoms with Gasteiger partial charge >= 0.3 is 0 Å². The van der Waals surface area contributed by atoms with Crippen molar-refractivity contribution in [2.75, 3.05) is 19.6 Å². The van der Waals surface area contributed by atoms with E-state index >= 15 is 0 Å². The van der Waals surface area contributed by atoms with Gasteiger partial charge in [-0.25, -0.2) is 0 Å². The SMILES string of the molecule is N#CC1(NC(=O)C[NH+]2CCC[C@@H](C(N)=O)C2)CCCC1. The Hall–Kier alpha value is -1.61. The van der Waals surface area contributed by atoms with Crippen LogP contribution in [0.4, 0.5) is 0 Å². The molecule has 1 saturated heterocycles. The second-order valence-corrected chi connectivity index (χ2v) is 6.07. The van der Waals surface area contributed by atoms with E-state index < -0.39 is 5.54 Å². The average molecular weight is 279 g/mol. The van der Waals surface area contributed by atoms with E-state index in [1.54, 1.807) is 0 Å². The van der Waals surface area contributed by atoms with E-state index in [1.807, 2.05) is 0 Å². The molecule has 1 saturated carbocycles. The van der Waals surface area contributed by atoms with Crippen molar-refractivity contribution >= 4 is 11.8 Å². The maximum atomic E-state index is 12.1. The molecule has 1 unspecified atom stereocenters. The van der Waals surface area contributed by atoms with Crippen molar-refractivity contribution in [2.24, 2.45) is 11.7 Å². The molecule has 1 aliphatic carbocycles. The van der Waals surface area contributed by atoms with Crippen LogP contribution in [-0.2, 0) is 9.59 Å². The van der Waals surface area contributed by atoms with E-state index in [1.165, 1.54) is 0 Å². The smallest absolute Gasteiger partial charge is 0.276 e. The number of nitrogens with zero attached hydrogens (tertiary/aromatic N) is 1. The Balaban J connectivity index is 1.85. The highest BCUT2D eigenvalue weighted by Gasteiger charge is 2.36. The van der Waals surface area contributed by atoms with E-state index in [4.69, 9.17) is 5.73 Å². The number of nitriles is 1. The fraction of sp³-hybridized carbons (Fsp3) is 0.786. The van der Waals surface area contributed by atoms with Crippen molar-refractivity contribution in [3.8, 4) is 6.07 Å². The number of primary amides is 1. The lowest BCUT2D eigenvalue weighted by Crippen LogP contribution is -3.15. The average Bonchev–Trinajstić information content (AvgIpc) is 2.88. The van der Waals surface area contributed by atoms with Gasteiger partial charge in [-0.15, -0.1) is 0 Å². The molecule has 0 spiro atoms. The fourth-order valence-corrected chi connectivity index (χ4v) is 3.34. The highest BCUT2D eigenvalue weighted by molar-refractivity contribution is 5.78. The number of carbonyl (C=O) groups is 2. The van der Waals surface area contributed by atoms with Gasteiger partial charge in [0.1, 0.15) is 5.54 Å². The van der Waals surface area contributed by atoms with Crippen molar-refractivity contribution in [1.82, 2.24) is 5.32 Å². The minimum atomic E-state index is -0.657. The van der Waals surface area contributed by atoms with Gasteiger partial charge in [0.05, 0.1) is 25.1 Å². The number of nitrogens with one attached hydrogen (secondary N) is 2. The molecule has 0 aromatic heterocycles. The molecule has 2 aliphatic rings. The minimum absolute atomic E-state index is 0.0893. The van der Waals surface area contributed by atoms with Crippen molar-refractivity contribution in [1.29, 1.82) is 5.26 Å². The predicted octanol–water partition coefficient (Wildman–Crippen LogP) is -1.28. The van der Waals surface area contributed by atoms with Crippen LogP contribution in [0.1, 0.15) is 38.5 Å². The Morgan fingerprint density at radius 1 is 1.35 bits per heavy atom. The molecule has 1 heterocycles. The van der Waals surface area contributed by atoms with Crippen molar-refractivity contribution in [3.63, 3.8) is 0 Å². The first kappa shape index (κ1) is 14.8. The highest BCUT2D eigenvalue weighted by atomic mass is 16.2. The summed E-state index contributed by atoms with van der Waals surface area (Å²) in [5.74, 6) is -0.483. The summed E-state index contributed by atoms with van der Waals surface area (Å²) in [5, 5.41) is 12.1. The first-order valence-corrected chi connectivity index (χ1v) is 7.40. The Morgan fingerprint density at radius 2 is 2.05 bits per heavy atom. The van der Waals surface area contributed by atoms with Gasteiger partial charge < -0.3 is 16.0 Å². The molecule has 2 fully saturated rings. The van der Waals surface area contributed by atoms with Gasteiger partial charge in [-0.2, -0.15) is 5.26 Å². The number of hydrogen-bond donors (Lipinski definition) is 3. The quantitative estimate of drug-likeness (QED) is 0.597. The molecule has 0 aromatic rings. The summed E-state index contributed by atoms with van der Waals surface area (Å²) in [6.07, 6.45) is 5.22. The van der Waals surface area contributed by atoms with Gasteiger partial charge in [0.2, 0.25) is 5.91 Å². The van der Waals surface area contributed by atoms with Crippen LogP contribution in [0, 0.1) is 17.2 Å². The van der Waals surface area contributed by atoms with E-state index in [-0.39, 0.29) is 17.7 Å². The summed E-state index contributed by atoms with van der Waals surface area (Å²) in [6.45, 7) is 1.84. The van der Waals surface area contributed by atoms with Crippen LogP contribution in [0.5, 0.6) is 0 Å². The van der Waals surface area contributed by atoms with Gasteiger partial charge in [-0.3, -0.25) is 9.59 Å². The van der Waals surface area contributed by atoms with Crippen LogP contribution in [-0.4, -0.2) is 37.0 Å². The molecule has 110 valence electrons. The summed E-state index contributed by atoms with van der Waals surface area (Å²) < 4.78 is 0. The molecule has 2 amide bonds. The van der Waals surface area contributed by atoms with Gasteiger partial charge in [0, 0.05) is 0 Å². The number of carbonyl (C=O) groups excluding carboxylic acids is 2. The Kier molecular flexibility index (Phi) is 4.61. The van der Waals surface area contributed by atoms with Crippen LogP contribution in [0.2, 0.25) is 0 Å². The molecule has 1 aliphatic heterocycles. The third-order valence-electron chi connectivity index (χ3n) is 4.48. The normalized spacial score (nSPS) is 28.6. The first-order valence-electron chi connectivity index (χ1n) is 7.40. The molecule has 6 nitrogen and oxygen atoms in total. The number of amides is 2. The highest BCUT2D eigenvalue weighted by Crippen LogP contribution is 2.28. The molecule has 2 rings (SSSR count). The lowest BCUT2D eigenvalue weighted by atomic mass is 9.97. The molecule has 4 N–H and O–H groups in total. The van der Waals surface area contributed by atoms with Crippen LogP contribution in [0.25, 0.3) is 0 Å². The second-order valence-electron chi connectivity index (χ2n) is 6.07. The summed E-state index contributed by atoms with van der Waals surface area (Å²) in [4.78, 5) is 24.4. The topological polar surface area (TPSA) is 100 Å². The maximum Gasteiger partial charge on any atom is 0.276 e. The molecule has 0 aromatic carbocycles. The van der Waals surface area contributed by atoms with Gasteiger partial charge in [-0.05, 0) is 38.5 Å². The summed E-state index contributed by atoms with van der Waals surface area (Å²) in [6, 6.07) is 2.26. The third kappa shape index (κ3) is 3.48. The fourth-order valence-electron chi connectivity index (χ4n) is 3.34. The van der Waals surface area contributed by atoms with Crippen molar-refractivity contribution in [3.05, 3.63) is 0 Å². The molecular formula is C14H23N4O2+. The van der Waals surface area contributed by atoms with Gasteiger partial charge in [0.15, 0.2) is 6.54 Å². The zero-order chi connectivity index (χ0) is 14.6. The Bertz CT molecular complexity index is 423. The van der Waals surface area contributed by atoms with E-state index in [9.17, 15) is 14.9 Å². The number of hydrogen-bond acceptors (Lipinski definition) is 3. The summed E-state index contributed by atoms with van der Waals surface area (Å²) in [5.41, 5.74) is 4.68. The molecule has 0 bridgehead atoms. The van der Waals surface area contributed by atoms with Crippen LogP contribution in [0.15, 0.2) is 0 Å². The van der Waals surface area contributed by atoms with Crippen molar-refractivity contribution in [2.45, 2.75) is 44.1 Å². The second kappa shape index (κ2) is 6.23. The number of likely N-dealkylation sites (tertiary alicyclic amines) is 1. The Morgan fingerprint density at radius 3 is 2.65 bits per heavy atom. The van der Waals surface area contributed by atoms with E-state index in [2.05, 4.69) is 11.4 Å². The molecule has 20 heavy (non-hydrogen) atoms. The standard InChI is InChI=1S/C14H22N4O2/c15-10-14(5-1-2-6-14)17-12(19)9-18-7-3-4-11(8-18)13(16)20/h11H,1-9H2,(H2,16,20)(H,17,19)/p+1/t11-/m1/s1. The maximum absolute atomic E-state index is 12.1. The van der Waals surface area contributed by atoms with Crippen molar-refractivity contribution < 1.29 is 14.5 Å². The first-order chi connectivity index (χ1) is 9.54. The van der Waals surface area contributed by atoms with Crippen LogP contribution in [0.3, 0.4) is 0 Å². The predicted molar refractivity (Wildman–Crippen MR) is 72.4 cm³/mol. The number of rotatable bonds is 4. The lowest BCUT2D eigenvalue weighted by molar-refractivity contribution is -0.899. The summed E-state index contributed by atoms with van der Waals surface area (Å²) >= 11 is 0. The minimum Gasteiger partial charge on any atom is -0.369 e. The zero-order valence-corrected chi connectivity index (χ0v) is 11.8. The molecule has 2 atom stereocenters. The summed E-state index contributed by atoms with van der Waals surface area (Å²) in [7, 11) is 0. The lowest BCUT2D eigenvalue weighted by Gasteiger charge is -2.29.